The van der Waals surface area contributed by atoms with Gasteiger partial charge in [-0.15, -0.1) is 0 Å². The number of amides is 1. The number of nitrogens with two attached hydrogens (primary N) is 1. The van der Waals surface area contributed by atoms with E-state index >= 15 is 0 Å². The van der Waals surface area contributed by atoms with Crippen LogP contribution in [0.5, 0.6) is 5.75 Å². The fraction of sp³-hybridized carbons (Fsp3) is 0.385. The molecule has 19 heavy (non-hydrogen) atoms. The molecule has 6 heteroatoms. The Morgan fingerprint density at radius 1 is 1.32 bits per heavy atom. The summed E-state index contributed by atoms with van der Waals surface area (Å²) in [6.07, 6.45) is 1.07. The van der Waals surface area contributed by atoms with Crippen molar-refractivity contribution in [1.29, 1.82) is 0 Å². The number of aromatic carboxylic acids is 1. The maximum absolute atomic E-state index is 10.8. The Morgan fingerprint density at radius 2 is 2.11 bits per heavy atom. The van der Waals surface area contributed by atoms with Crippen LogP contribution < -0.4 is 15.8 Å². The Balaban J connectivity index is 2.17. The number of ether oxygens (including phenoxy) is 1. The Kier molecular flexibility index (Phi) is 6.38. The van der Waals surface area contributed by atoms with Crippen molar-refractivity contribution < 1.29 is 19.4 Å². The summed E-state index contributed by atoms with van der Waals surface area (Å²) in [4.78, 5) is 21.2. The molecule has 1 rings (SSSR count). The second kappa shape index (κ2) is 8.10. The number of carboxylic acids is 1. The van der Waals surface area contributed by atoms with Gasteiger partial charge in [-0.25, -0.2) is 4.79 Å². The number of carboxylic acid groups (broad SMARTS) is 1. The number of primary amides is 1. The van der Waals surface area contributed by atoms with E-state index < -0.39 is 5.97 Å². The van der Waals surface area contributed by atoms with Gasteiger partial charge >= 0.3 is 5.97 Å². The van der Waals surface area contributed by atoms with Crippen LogP contribution in [0.3, 0.4) is 0 Å². The monoisotopic (exact) mass is 266 g/mol. The lowest BCUT2D eigenvalue weighted by Gasteiger charge is -2.07. The summed E-state index contributed by atoms with van der Waals surface area (Å²) in [5.41, 5.74) is 5.21. The molecule has 0 aliphatic rings. The van der Waals surface area contributed by atoms with Crippen LogP contribution in [-0.2, 0) is 4.79 Å². The number of benzene rings is 1. The van der Waals surface area contributed by atoms with E-state index in [1.54, 1.807) is 12.1 Å². The van der Waals surface area contributed by atoms with Crippen LogP contribution in [0, 0.1) is 0 Å². The minimum atomic E-state index is -0.977. The van der Waals surface area contributed by atoms with Gasteiger partial charge in [0.2, 0.25) is 5.91 Å². The second-order valence-electron chi connectivity index (χ2n) is 4.00. The molecule has 0 bridgehead atoms. The summed E-state index contributed by atoms with van der Waals surface area (Å²) in [5, 5.41) is 11.9. The van der Waals surface area contributed by atoms with Gasteiger partial charge in [0.1, 0.15) is 12.4 Å². The highest BCUT2D eigenvalue weighted by Crippen LogP contribution is 2.12. The molecule has 0 saturated heterocycles. The molecule has 0 heterocycles. The lowest BCUT2D eigenvalue weighted by atomic mass is 10.2. The maximum atomic E-state index is 10.8. The van der Waals surface area contributed by atoms with Crippen molar-refractivity contribution >= 4 is 11.9 Å². The van der Waals surface area contributed by atoms with Gasteiger partial charge in [-0.1, -0.05) is 6.07 Å². The van der Waals surface area contributed by atoms with Gasteiger partial charge in [0.05, 0.1) is 5.56 Å². The molecule has 6 nitrogen and oxygen atoms in total. The first-order valence-corrected chi connectivity index (χ1v) is 6.05. The van der Waals surface area contributed by atoms with Crippen molar-refractivity contribution in [3.05, 3.63) is 29.8 Å². The predicted molar refractivity (Wildman–Crippen MR) is 70.2 cm³/mol. The zero-order valence-electron chi connectivity index (χ0n) is 10.6. The smallest absolute Gasteiger partial charge is 0.335 e. The van der Waals surface area contributed by atoms with E-state index in [2.05, 4.69) is 5.32 Å². The van der Waals surface area contributed by atoms with E-state index in [9.17, 15) is 9.59 Å². The molecule has 4 N–H and O–H groups in total. The fourth-order valence-corrected chi connectivity index (χ4v) is 1.47. The Morgan fingerprint density at radius 3 is 2.79 bits per heavy atom. The van der Waals surface area contributed by atoms with Crippen LogP contribution in [0.15, 0.2) is 24.3 Å². The first kappa shape index (κ1) is 15.0. The highest BCUT2D eigenvalue weighted by molar-refractivity contribution is 5.87. The topological polar surface area (TPSA) is 102 Å². The number of carbonyl (C=O) groups excluding carboxylic acids is 1. The third-order valence-corrected chi connectivity index (χ3v) is 2.41. The van der Waals surface area contributed by atoms with E-state index in [0.29, 0.717) is 38.3 Å². The Labute approximate surface area is 111 Å². The van der Waals surface area contributed by atoms with Crippen LogP contribution in [0.1, 0.15) is 23.2 Å². The highest BCUT2D eigenvalue weighted by atomic mass is 16.5. The summed E-state index contributed by atoms with van der Waals surface area (Å²) >= 11 is 0. The Bertz CT molecular complexity index is 434. The zero-order chi connectivity index (χ0) is 14.1. The van der Waals surface area contributed by atoms with Gasteiger partial charge in [0.15, 0.2) is 0 Å². The van der Waals surface area contributed by atoms with E-state index in [0.717, 1.165) is 0 Å². The third-order valence-electron chi connectivity index (χ3n) is 2.41. The molecule has 0 aliphatic carbocycles. The van der Waals surface area contributed by atoms with Crippen molar-refractivity contribution in [2.24, 2.45) is 5.73 Å². The van der Waals surface area contributed by atoms with E-state index in [1.165, 1.54) is 12.1 Å². The molecule has 1 aromatic rings. The van der Waals surface area contributed by atoms with Crippen molar-refractivity contribution in [2.45, 2.75) is 12.8 Å². The molecule has 1 amide bonds. The van der Waals surface area contributed by atoms with Gasteiger partial charge in [0.25, 0.3) is 0 Å². The number of hydrogen-bond acceptors (Lipinski definition) is 4. The number of carbonyl (C=O) groups is 2. The minimum absolute atomic E-state index is 0.201. The van der Waals surface area contributed by atoms with Gasteiger partial charge in [-0.05, 0) is 31.2 Å². The zero-order valence-corrected chi connectivity index (χ0v) is 10.6. The molecule has 0 saturated carbocycles. The number of hydrogen-bond donors (Lipinski definition) is 3. The molecule has 104 valence electrons. The largest absolute Gasteiger partial charge is 0.492 e. The average Bonchev–Trinajstić information content (AvgIpc) is 2.37. The van der Waals surface area contributed by atoms with Crippen molar-refractivity contribution in [1.82, 2.24) is 5.32 Å². The maximum Gasteiger partial charge on any atom is 0.335 e. The quantitative estimate of drug-likeness (QED) is 0.569. The molecule has 0 radical (unpaired) electrons. The van der Waals surface area contributed by atoms with Crippen molar-refractivity contribution in [3.63, 3.8) is 0 Å². The van der Waals surface area contributed by atoms with Gasteiger partial charge < -0.3 is 20.9 Å². The summed E-state index contributed by atoms with van der Waals surface area (Å²) in [7, 11) is 0. The second-order valence-corrected chi connectivity index (χ2v) is 4.00. The van der Waals surface area contributed by atoms with E-state index in [1.807, 2.05) is 0 Å². The fourth-order valence-electron chi connectivity index (χ4n) is 1.47. The normalized spacial score (nSPS) is 10.1. The molecule has 0 unspecified atom stereocenters. The molecule has 0 fully saturated rings. The summed E-state index contributed by atoms with van der Waals surface area (Å²) in [6, 6.07) is 6.34. The standard InChI is InChI=1S/C13H18N2O4/c14-12(16)5-2-6-15-7-8-19-11-4-1-3-10(9-11)13(17)18/h1,3-4,9,15H,2,5-8H2,(H2,14,16)(H,17,18). The van der Waals surface area contributed by atoms with Crippen LogP contribution >= 0.6 is 0 Å². The van der Waals surface area contributed by atoms with E-state index in [4.69, 9.17) is 15.6 Å². The summed E-state index contributed by atoms with van der Waals surface area (Å²) < 4.78 is 5.41. The van der Waals surface area contributed by atoms with Crippen LogP contribution in [-0.4, -0.2) is 36.7 Å². The molecular weight excluding hydrogens is 248 g/mol. The molecule has 0 aliphatic heterocycles. The highest BCUT2D eigenvalue weighted by Gasteiger charge is 2.03. The summed E-state index contributed by atoms with van der Waals surface area (Å²) in [5.74, 6) is -0.752. The van der Waals surface area contributed by atoms with Crippen molar-refractivity contribution in [3.8, 4) is 5.75 Å². The molecule has 0 spiro atoms. The predicted octanol–water partition coefficient (Wildman–Crippen LogP) is 0.619. The average molecular weight is 266 g/mol. The Hall–Kier alpha value is -2.08. The van der Waals surface area contributed by atoms with Gasteiger partial charge in [-0.3, -0.25) is 4.79 Å². The lowest BCUT2D eigenvalue weighted by molar-refractivity contribution is -0.118. The number of nitrogens with one attached hydrogen (secondary N) is 1. The lowest BCUT2D eigenvalue weighted by Crippen LogP contribution is -2.23. The molecule has 0 atom stereocenters. The van der Waals surface area contributed by atoms with Crippen LogP contribution in [0.2, 0.25) is 0 Å². The third kappa shape index (κ3) is 6.42. The summed E-state index contributed by atoms with van der Waals surface area (Å²) in [6.45, 7) is 1.75. The first-order valence-electron chi connectivity index (χ1n) is 6.05. The van der Waals surface area contributed by atoms with Crippen LogP contribution in [0.25, 0.3) is 0 Å². The SMILES string of the molecule is NC(=O)CCCNCCOc1cccc(C(=O)O)c1. The minimum Gasteiger partial charge on any atom is -0.492 e. The molecule has 1 aromatic carbocycles. The van der Waals surface area contributed by atoms with Crippen LogP contribution in [0.4, 0.5) is 0 Å². The molecular formula is C13H18N2O4. The van der Waals surface area contributed by atoms with E-state index in [-0.39, 0.29) is 11.5 Å². The van der Waals surface area contributed by atoms with Crippen molar-refractivity contribution in [2.75, 3.05) is 19.7 Å². The molecule has 0 aromatic heterocycles. The first-order chi connectivity index (χ1) is 9.09. The van der Waals surface area contributed by atoms with Gasteiger partial charge in [0, 0.05) is 13.0 Å². The van der Waals surface area contributed by atoms with Gasteiger partial charge in [-0.2, -0.15) is 0 Å². The number of rotatable bonds is 9.